The van der Waals surface area contributed by atoms with Crippen molar-refractivity contribution in [2.45, 2.75) is 53.4 Å². The molecule has 2 N–H and O–H groups in total. The number of unbranched alkanes of at least 4 members (excludes halogenated alkanes) is 1. The Balaban J connectivity index is 0. The van der Waals surface area contributed by atoms with Crippen LogP contribution in [-0.2, 0) is 13.8 Å². The molecule has 0 aromatic heterocycles. The molecule has 0 aliphatic carbocycles. The molecule has 6 heteroatoms. The smallest absolute Gasteiger partial charge is 0.382 e. The lowest BCUT2D eigenvalue weighted by molar-refractivity contribution is 0.161. The van der Waals surface area contributed by atoms with Crippen LogP contribution in [0.3, 0.4) is 0 Å². The summed E-state index contributed by atoms with van der Waals surface area (Å²) in [4.78, 5) is 17.0. The van der Waals surface area contributed by atoms with Crippen molar-refractivity contribution in [2.75, 3.05) is 19.8 Å². The van der Waals surface area contributed by atoms with Crippen molar-refractivity contribution in [3.8, 4) is 0 Å². The van der Waals surface area contributed by atoms with Gasteiger partial charge in [-0.2, -0.15) is 0 Å². The molecule has 5 nitrogen and oxygen atoms in total. The molecule has 0 saturated heterocycles. The van der Waals surface area contributed by atoms with E-state index in [1.807, 2.05) is 20.8 Å². The summed E-state index contributed by atoms with van der Waals surface area (Å²) in [6, 6.07) is 0. The maximum absolute atomic E-state index is 10.4. The Bertz CT molecular complexity index is 203. The van der Waals surface area contributed by atoms with E-state index in [4.69, 9.17) is 14.5 Å². The third-order valence-electron chi connectivity index (χ3n) is 2.43. The second kappa shape index (κ2) is 13.5. The topological polar surface area (TPSA) is 76.0 Å². The SMILES string of the molecule is CCCCC(CC)COP(=O)(O)O.CCOCC. The molecule has 112 valence electrons. The van der Waals surface area contributed by atoms with Crippen LogP contribution in [0, 0.1) is 5.92 Å². The van der Waals surface area contributed by atoms with E-state index in [1.165, 1.54) is 0 Å². The first-order chi connectivity index (χ1) is 8.41. The van der Waals surface area contributed by atoms with Gasteiger partial charge in [-0.1, -0.05) is 33.1 Å². The van der Waals surface area contributed by atoms with Gasteiger partial charge >= 0.3 is 7.82 Å². The quantitative estimate of drug-likeness (QED) is 0.635. The van der Waals surface area contributed by atoms with E-state index < -0.39 is 7.82 Å². The largest absolute Gasteiger partial charge is 0.469 e. The van der Waals surface area contributed by atoms with Crippen LogP contribution >= 0.6 is 7.82 Å². The Morgan fingerprint density at radius 1 is 1.11 bits per heavy atom. The first-order valence-electron chi connectivity index (χ1n) is 6.68. The van der Waals surface area contributed by atoms with Gasteiger partial charge in [-0.15, -0.1) is 0 Å². The average molecular weight is 284 g/mol. The van der Waals surface area contributed by atoms with Crippen molar-refractivity contribution in [1.29, 1.82) is 0 Å². The van der Waals surface area contributed by atoms with Crippen LogP contribution in [-0.4, -0.2) is 29.6 Å². The minimum atomic E-state index is -4.26. The Kier molecular flexibility index (Phi) is 15.3. The van der Waals surface area contributed by atoms with E-state index >= 15 is 0 Å². The van der Waals surface area contributed by atoms with Gasteiger partial charge in [-0.3, -0.25) is 4.52 Å². The van der Waals surface area contributed by atoms with Crippen molar-refractivity contribution >= 4 is 7.82 Å². The van der Waals surface area contributed by atoms with Crippen molar-refractivity contribution in [3.63, 3.8) is 0 Å². The van der Waals surface area contributed by atoms with Gasteiger partial charge < -0.3 is 14.5 Å². The number of rotatable bonds is 9. The molecule has 0 radical (unpaired) electrons. The molecule has 18 heavy (non-hydrogen) atoms. The maximum atomic E-state index is 10.4. The molecule has 0 aromatic rings. The average Bonchev–Trinajstić information content (AvgIpc) is 2.30. The van der Waals surface area contributed by atoms with E-state index in [0.717, 1.165) is 38.9 Å². The van der Waals surface area contributed by atoms with E-state index in [1.54, 1.807) is 0 Å². The first kappa shape index (κ1) is 20.4. The molecular formula is C12H29O5P. The van der Waals surface area contributed by atoms with Crippen LogP contribution in [0.2, 0.25) is 0 Å². The normalized spacial score (nSPS) is 12.8. The number of hydrogen-bond donors (Lipinski definition) is 2. The minimum Gasteiger partial charge on any atom is -0.382 e. The summed E-state index contributed by atoms with van der Waals surface area (Å²) in [5.74, 6) is 0.271. The Morgan fingerprint density at radius 2 is 1.67 bits per heavy atom. The van der Waals surface area contributed by atoms with E-state index in [-0.39, 0.29) is 12.5 Å². The zero-order valence-corrected chi connectivity index (χ0v) is 13.0. The standard InChI is InChI=1S/C8H19O4P.C4H10O/c1-3-5-6-8(4-2)7-12-13(9,10)11;1-3-5-4-2/h8H,3-7H2,1-2H3,(H2,9,10,11);3-4H2,1-2H3. The Labute approximate surface area is 111 Å². The van der Waals surface area contributed by atoms with Gasteiger partial charge in [0.15, 0.2) is 0 Å². The highest BCUT2D eigenvalue weighted by Gasteiger charge is 2.16. The maximum Gasteiger partial charge on any atom is 0.469 e. The molecule has 1 atom stereocenters. The minimum absolute atomic E-state index is 0.167. The van der Waals surface area contributed by atoms with E-state index in [0.29, 0.717) is 0 Å². The summed E-state index contributed by atoms with van der Waals surface area (Å²) in [6.07, 6.45) is 4.07. The van der Waals surface area contributed by atoms with Crippen LogP contribution in [0.1, 0.15) is 53.4 Å². The number of hydrogen-bond acceptors (Lipinski definition) is 3. The molecule has 0 amide bonds. The molecule has 0 saturated carbocycles. The van der Waals surface area contributed by atoms with Crippen molar-refractivity contribution in [1.82, 2.24) is 0 Å². The Morgan fingerprint density at radius 3 is 1.94 bits per heavy atom. The molecule has 0 aromatic carbocycles. The summed E-state index contributed by atoms with van der Waals surface area (Å²) in [5, 5.41) is 0. The van der Waals surface area contributed by atoms with Gasteiger partial charge in [0.05, 0.1) is 6.61 Å². The fraction of sp³-hybridized carbons (Fsp3) is 1.00. The molecule has 0 rings (SSSR count). The van der Waals surface area contributed by atoms with Crippen LogP contribution < -0.4 is 0 Å². The van der Waals surface area contributed by atoms with Crippen LogP contribution in [0.4, 0.5) is 0 Å². The fourth-order valence-corrected chi connectivity index (χ4v) is 1.71. The highest BCUT2D eigenvalue weighted by Crippen LogP contribution is 2.36. The number of ether oxygens (including phenoxy) is 1. The fourth-order valence-electron chi connectivity index (χ4n) is 1.30. The summed E-state index contributed by atoms with van der Waals surface area (Å²) < 4.78 is 19.7. The number of phosphoric ester groups is 1. The van der Waals surface area contributed by atoms with E-state index in [9.17, 15) is 4.57 Å². The molecule has 0 aliphatic heterocycles. The van der Waals surface area contributed by atoms with Crippen molar-refractivity contribution in [2.24, 2.45) is 5.92 Å². The summed E-state index contributed by atoms with van der Waals surface area (Å²) >= 11 is 0. The zero-order chi connectivity index (χ0) is 14.4. The summed E-state index contributed by atoms with van der Waals surface area (Å²) in [7, 11) is -4.26. The molecule has 0 heterocycles. The molecule has 0 spiro atoms. The molecular weight excluding hydrogens is 255 g/mol. The lowest BCUT2D eigenvalue weighted by atomic mass is 10.0. The second-order valence-corrected chi connectivity index (χ2v) is 5.22. The molecule has 0 fully saturated rings. The highest BCUT2D eigenvalue weighted by atomic mass is 31.2. The third-order valence-corrected chi connectivity index (χ3v) is 2.92. The molecule has 1 unspecified atom stereocenters. The van der Waals surface area contributed by atoms with Crippen LogP contribution in [0.5, 0.6) is 0 Å². The number of phosphoric acid groups is 1. The molecule has 0 bridgehead atoms. The van der Waals surface area contributed by atoms with Gasteiger partial charge in [-0.05, 0) is 26.2 Å². The second-order valence-electron chi connectivity index (χ2n) is 3.98. The van der Waals surface area contributed by atoms with Crippen LogP contribution in [0.25, 0.3) is 0 Å². The predicted molar refractivity (Wildman–Crippen MR) is 73.5 cm³/mol. The molecule has 0 aliphatic rings. The zero-order valence-electron chi connectivity index (χ0n) is 12.1. The van der Waals surface area contributed by atoms with Crippen molar-refractivity contribution < 1.29 is 23.6 Å². The van der Waals surface area contributed by atoms with Gasteiger partial charge in [0.1, 0.15) is 0 Å². The van der Waals surface area contributed by atoms with Crippen LogP contribution in [0.15, 0.2) is 0 Å². The predicted octanol–water partition coefficient (Wildman–Crippen LogP) is 3.35. The van der Waals surface area contributed by atoms with Crippen molar-refractivity contribution in [3.05, 3.63) is 0 Å². The van der Waals surface area contributed by atoms with E-state index in [2.05, 4.69) is 11.4 Å². The van der Waals surface area contributed by atoms with Gasteiger partial charge in [0.2, 0.25) is 0 Å². The van der Waals surface area contributed by atoms with Gasteiger partial charge in [0.25, 0.3) is 0 Å². The highest BCUT2D eigenvalue weighted by molar-refractivity contribution is 7.46. The summed E-state index contributed by atoms with van der Waals surface area (Å²) in [5.41, 5.74) is 0. The monoisotopic (exact) mass is 284 g/mol. The van der Waals surface area contributed by atoms with Gasteiger partial charge in [-0.25, -0.2) is 4.57 Å². The lowest BCUT2D eigenvalue weighted by Gasteiger charge is -2.14. The lowest BCUT2D eigenvalue weighted by Crippen LogP contribution is -2.07. The first-order valence-corrected chi connectivity index (χ1v) is 8.21. The Hall–Kier alpha value is 0.0700. The van der Waals surface area contributed by atoms with Gasteiger partial charge in [0, 0.05) is 13.2 Å². The third kappa shape index (κ3) is 18.4. The summed E-state index contributed by atoms with van der Waals surface area (Å²) in [6.45, 7) is 9.93.